The zero-order valence-corrected chi connectivity index (χ0v) is 34.3. The Morgan fingerprint density at radius 3 is 1.95 bits per heavy atom. The van der Waals surface area contributed by atoms with Gasteiger partial charge < -0.3 is 64.9 Å². The van der Waals surface area contributed by atoms with Gasteiger partial charge in [-0.25, -0.2) is 0 Å². The Kier molecular flexibility index (Phi) is 12.5. The number of allylic oxidation sites excluding steroid dienone is 2. The summed E-state index contributed by atoms with van der Waals surface area (Å²) in [4.78, 5) is 0. The van der Waals surface area contributed by atoms with E-state index >= 15 is 0 Å². The molecule has 9 N–H and O–H groups in total. The lowest BCUT2D eigenvalue weighted by Gasteiger charge is -2.70. The molecule has 0 aromatic carbocycles. The molecular formula is C42H72O13. The summed E-state index contributed by atoms with van der Waals surface area (Å²) in [5.74, 6) is 0.445. The van der Waals surface area contributed by atoms with Crippen LogP contribution in [0.15, 0.2) is 11.6 Å². The van der Waals surface area contributed by atoms with E-state index in [-0.39, 0.29) is 39.9 Å². The standard InChI is InChI=1S/C42H72O13/c1-21(2)10-9-14-42(8,51)22-11-16-41(7)29(22)23(45)18-27-39(5)15-13-28(38(3,4)26(39)12-17-40(27,41)6)54-37-35(33(49)31(47)25(20-44)53-37)55-36-34(50)32(48)30(46)24(19-43)52-36/h10,22-37,43-51H,9,11-20H2,1-8H3/t22?,23-,24+,25+,26?,27?,28?,29?,30+,31+,32-,33-,34+,35+,36?,37-,39+,40-,41-,42-/m0/s1. The summed E-state index contributed by atoms with van der Waals surface area (Å²) in [5, 5.41) is 97.4. The first-order chi connectivity index (χ1) is 25.6. The molecule has 6 rings (SSSR count). The Labute approximate surface area is 327 Å². The van der Waals surface area contributed by atoms with Gasteiger partial charge in [0.25, 0.3) is 0 Å². The predicted octanol–water partition coefficient (Wildman–Crippen LogP) is 2.15. The van der Waals surface area contributed by atoms with Crippen molar-refractivity contribution in [2.24, 2.45) is 45.3 Å². The topological polar surface area (TPSA) is 219 Å². The fraction of sp³-hybridized carbons (Fsp3) is 0.952. The number of aliphatic hydroxyl groups excluding tert-OH is 8. The van der Waals surface area contributed by atoms with Crippen molar-refractivity contribution in [2.75, 3.05) is 13.2 Å². The van der Waals surface area contributed by atoms with E-state index in [1.165, 1.54) is 5.57 Å². The molecule has 0 aromatic heterocycles. The predicted molar refractivity (Wildman–Crippen MR) is 201 cm³/mol. The van der Waals surface area contributed by atoms with Gasteiger partial charge in [-0.2, -0.15) is 0 Å². The third-order valence-electron chi connectivity index (χ3n) is 16.6. The van der Waals surface area contributed by atoms with Gasteiger partial charge in [-0.05, 0) is 124 Å². The molecule has 4 saturated carbocycles. The molecule has 2 aliphatic heterocycles. The molecule has 13 heteroatoms. The molecule has 4 aliphatic carbocycles. The third kappa shape index (κ3) is 7.20. The molecule has 6 unspecified atom stereocenters. The summed E-state index contributed by atoms with van der Waals surface area (Å²) in [5.41, 5.74) is -0.405. The lowest BCUT2D eigenvalue weighted by Crippen LogP contribution is -2.68. The van der Waals surface area contributed by atoms with Crippen LogP contribution in [0.2, 0.25) is 0 Å². The van der Waals surface area contributed by atoms with Crippen molar-refractivity contribution >= 4 is 0 Å². The molecule has 0 aromatic rings. The van der Waals surface area contributed by atoms with Gasteiger partial charge in [0.15, 0.2) is 12.6 Å². The molecule has 6 aliphatic rings. The highest BCUT2D eigenvalue weighted by Crippen LogP contribution is 2.76. The van der Waals surface area contributed by atoms with Crippen molar-refractivity contribution in [3.63, 3.8) is 0 Å². The van der Waals surface area contributed by atoms with Crippen LogP contribution < -0.4 is 0 Å². The van der Waals surface area contributed by atoms with Crippen LogP contribution in [0.5, 0.6) is 0 Å². The fourth-order valence-electron chi connectivity index (χ4n) is 13.3. The first-order valence-electron chi connectivity index (χ1n) is 20.9. The normalized spacial score (nSPS) is 52.0. The maximum atomic E-state index is 12.2. The summed E-state index contributed by atoms with van der Waals surface area (Å²) >= 11 is 0. The van der Waals surface area contributed by atoms with Crippen LogP contribution in [0.25, 0.3) is 0 Å². The van der Waals surface area contributed by atoms with Crippen molar-refractivity contribution in [2.45, 2.75) is 192 Å². The molecule has 6 fully saturated rings. The fourth-order valence-corrected chi connectivity index (χ4v) is 13.3. The number of hydrogen-bond acceptors (Lipinski definition) is 13. The number of rotatable bonds is 10. The number of aliphatic hydroxyl groups is 9. The minimum absolute atomic E-state index is 0.00798. The molecule has 2 saturated heterocycles. The number of hydrogen-bond donors (Lipinski definition) is 9. The largest absolute Gasteiger partial charge is 0.394 e. The molecular weight excluding hydrogens is 712 g/mol. The maximum absolute atomic E-state index is 12.2. The van der Waals surface area contributed by atoms with Crippen LogP contribution in [0.1, 0.15) is 113 Å². The summed E-state index contributed by atoms with van der Waals surface area (Å²) in [7, 11) is 0. The highest BCUT2D eigenvalue weighted by Gasteiger charge is 2.71. The lowest BCUT2D eigenvalue weighted by molar-refractivity contribution is -0.378. The zero-order valence-electron chi connectivity index (χ0n) is 34.3. The molecule has 0 spiro atoms. The van der Waals surface area contributed by atoms with E-state index in [1.807, 2.05) is 6.92 Å². The van der Waals surface area contributed by atoms with Crippen LogP contribution in [0, 0.1) is 45.3 Å². The highest BCUT2D eigenvalue weighted by molar-refractivity contribution is 5.20. The average Bonchev–Trinajstić information content (AvgIpc) is 3.50. The van der Waals surface area contributed by atoms with E-state index in [9.17, 15) is 46.0 Å². The second-order valence-corrected chi connectivity index (χ2v) is 20.1. The molecule has 55 heavy (non-hydrogen) atoms. The minimum Gasteiger partial charge on any atom is -0.394 e. The Hall–Kier alpha value is -0.780. The number of fused-ring (bicyclic) bond motifs is 5. The summed E-state index contributed by atoms with van der Waals surface area (Å²) in [6, 6.07) is 0. The molecule has 20 atom stereocenters. The molecule has 13 nitrogen and oxygen atoms in total. The van der Waals surface area contributed by atoms with E-state index in [4.69, 9.17) is 18.9 Å². The average molecular weight is 785 g/mol. The smallest absolute Gasteiger partial charge is 0.187 e. The van der Waals surface area contributed by atoms with Crippen LogP contribution in [0.3, 0.4) is 0 Å². The molecule has 2 heterocycles. The highest BCUT2D eigenvalue weighted by atomic mass is 16.8. The van der Waals surface area contributed by atoms with Crippen LogP contribution >= 0.6 is 0 Å². The Morgan fingerprint density at radius 1 is 0.727 bits per heavy atom. The van der Waals surface area contributed by atoms with E-state index in [0.29, 0.717) is 19.3 Å². The van der Waals surface area contributed by atoms with Gasteiger partial charge >= 0.3 is 0 Å². The number of ether oxygens (including phenoxy) is 4. The van der Waals surface area contributed by atoms with E-state index in [2.05, 4.69) is 54.5 Å². The van der Waals surface area contributed by atoms with Crippen molar-refractivity contribution < 1.29 is 64.9 Å². The van der Waals surface area contributed by atoms with E-state index < -0.39 is 97.8 Å². The Morgan fingerprint density at radius 2 is 1.33 bits per heavy atom. The summed E-state index contributed by atoms with van der Waals surface area (Å²) in [6.45, 7) is 16.5. The molecule has 0 radical (unpaired) electrons. The minimum atomic E-state index is -1.75. The SMILES string of the molecule is CC(C)=CCC[C@](C)(O)C1CC[C@@]2(C)C1[C@@H](O)CC1[C@]3(C)CCC(O[C@@H]4O[C@H](CO)[C@@H](O)[C@H](O)[C@H]4OC4O[C@H](CO)[C@@H](O)[C@H](O)[C@H]4O)C(C)(C)C3CC[C@@]12C. The van der Waals surface area contributed by atoms with Gasteiger partial charge in [-0.3, -0.25) is 0 Å². The quantitative estimate of drug-likeness (QED) is 0.115. The molecule has 0 amide bonds. The van der Waals surface area contributed by atoms with Gasteiger partial charge in [0, 0.05) is 0 Å². The van der Waals surface area contributed by atoms with Gasteiger partial charge in [-0.1, -0.05) is 46.3 Å². The summed E-state index contributed by atoms with van der Waals surface area (Å²) < 4.78 is 24.4. The molecule has 0 bridgehead atoms. The van der Waals surface area contributed by atoms with Crippen LogP contribution in [-0.2, 0) is 18.9 Å². The van der Waals surface area contributed by atoms with Gasteiger partial charge in [-0.15, -0.1) is 0 Å². The molecule has 318 valence electrons. The second kappa shape index (κ2) is 15.7. The van der Waals surface area contributed by atoms with E-state index in [0.717, 1.165) is 38.5 Å². The van der Waals surface area contributed by atoms with Gasteiger partial charge in [0.05, 0.1) is 31.0 Å². The van der Waals surface area contributed by atoms with Crippen LogP contribution in [-0.4, -0.2) is 138 Å². The Bertz CT molecular complexity index is 1370. The van der Waals surface area contributed by atoms with Gasteiger partial charge in [0.2, 0.25) is 0 Å². The maximum Gasteiger partial charge on any atom is 0.187 e. The monoisotopic (exact) mass is 784 g/mol. The van der Waals surface area contributed by atoms with E-state index in [1.54, 1.807) is 0 Å². The first-order valence-corrected chi connectivity index (χ1v) is 20.9. The van der Waals surface area contributed by atoms with Crippen LogP contribution in [0.4, 0.5) is 0 Å². The second-order valence-electron chi connectivity index (χ2n) is 20.1. The van der Waals surface area contributed by atoms with Crippen molar-refractivity contribution in [3.8, 4) is 0 Å². The van der Waals surface area contributed by atoms with Crippen molar-refractivity contribution in [3.05, 3.63) is 11.6 Å². The van der Waals surface area contributed by atoms with Crippen molar-refractivity contribution in [1.82, 2.24) is 0 Å². The Balaban J connectivity index is 1.23. The zero-order chi connectivity index (χ0) is 40.6. The third-order valence-corrected chi connectivity index (χ3v) is 16.6. The lowest BCUT2D eigenvalue weighted by atomic mass is 9.35. The van der Waals surface area contributed by atoms with Crippen molar-refractivity contribution in [1.29, 1.82) is 0 Å². The summed E-state index contributed by atoms with van der Waals surface area (Å²) in [6.07, 6.45) is -6.48. The first kappa shape index (κ1) is 43.8. The van der Waals surface area contributed by atoms with Gasteiger partial charge in [0.1, 0.15) is 48.8 Å².